The van der Waals surface area contributed by atoms with Crippen molar-refractivity contribution in [1.82, 2.24) is 15.1 Å². The fourth-order valence-electron chi connectivity index (χ4n) is 3.34. The summed E-state index contributed by atoms with van der Waals surface area (Å²) >= 11 is 0. The number of nitrogens with one attached hydrogen (secondary N) is 1. The predicted octanol–water partition coefficient (Wildman–Crippen LogP) is 3.52. The van der Waals surface area contributed by atoms with E-state index in [1.165, 1.54) is 11.1 Å². The predicted molar refractivity (Wildman–Crippen MR) is 98.4 cm³/mol. The van der Waals surface area contributed by atoms with Crippen molar-refractivity contribution in [1.29, 1.82) is 0 Å². The molecule has 2 heterocycles. The third kappa shape index (κ3) is 4.28. The van der Waals surface area contributed by atoms with Crippen molar-refractivity contribution in [2.45, 2.75) is 45.6 Å². The quantitative estimate of drug-likeness (QED) is 0.905. The number of likely N-dealkylation sites (tertiary alicyclic amines) is 1. The topological polar surface area (TPSA) is 58.2 Å². The van der Waals surface area contributed by atoms with Crippen LogP contribution in [0.5, 0.6) is 0 Å². The molecular weight excluding hydrogens is 314 g/mol. The average molecular weight is 341 g/mol. The number of hydrogen-bond acceptors (Lipinski definition) is 3. The highest BCUT2D eigenvalue weighted by Crippen LogP contribution is 2.33. The van der Waals surface area contributed by atoms with Gasteiger partial charge < -0.3 is 9.64 Å². The van der Waals surface area contributed by atoms with Crippen LogP contribution in [0.1, 0.15) is 43.9 Å². The van der Waals surface area contributed by atoms with Crippen LogP contribution in [0, 0.1) is 6.92 Å². The van der Waals surface area contributed by atoms with Gasteiger partial charge in [0.25, 0.3) is 0 Å². The number of H-pyrrole nitrogens is 1. The van der Waals surface area contributed by atoms with Gasteiger partial charge in [0.15, 0.2) is 0 Å². The lowest BCUT2D eigenvalue weighted by atomic mass is 9.90. The molecule has 0 bridgehead atoms. The van der Waals surface area contributed by atoms with Crippen molar-refractivity contribution < 1.29 is 9.53 Å². The zero-order valence-corrected chi connectivity index (χ0v) is 15.3. The summed E-state index contributed by atoms with van der Waals surface area (Å²) in [5.74, 6) is 0.366. The normalized spacial score (nSPS) is 17.9. The van der Waals surface area contributed by atoms with Gasteiger partial charge in [-0.3, -0.25) is 9.89 Å². The zero-order chi connectivity index (χ0) is 17.8. The van der Waals surface area contributed by atoms with E-state index in [1.807, 2.05) is 24.9 Å². The van der Waals surface area contributed by atoms with E-state index in [4.69, 9.17) is 4.74 Å². The number of aromatic nitrogens is 2. The Labute approximate surface area is 149 Å². The van der Waals surface area contributed by atoms with E-state index < -0.39 is 0 Å². The molecule has 0 aliphatic carbocycles. The molecule has 1 aliphatic rings. The van der Waals surface area contributed by atoms with Crippen LogP contribution < -0.4 is 0 Å². The number of carbonyl (C=O) groups is 1. The van der Waals surface area contributed by atoms with Crippen molar-refractivity contribution in [2.24, 2.45) is 0 Å². The first kappa shape index (κ1) is 17.7. The molecule has 1 atom stereocenters. The lowest BCUT2D eigenvalue weighted by Gasteiger charge is -2.33. The maximum atomic E-state index is 12.4. The average Bonchev–Trinajstić information content (AvgIpc) is 3.10. The Bertz CT molecular complexity index is 706. The minimum absolute atomic E-state index is 0.0743. The third-order valence-electron chi connectivity index (χ3n) is 4.75. The number of aryl methyl sites for hydroxylation is 1. The van der Waals surface area contributed by atoms with Crippen LogP contribution in [-0.4, -0.2) is 46.8 Å². The smallest absolute Gasteiger partial charge is 0.248 e. The molecule has 1 saturated heterocycles. The molecule has 5 heteroatoms. The molecule has 1 N–H and O–H groups in total. The molecule has 1 aromatic heterocycles. The van der Waals surface area contributed by atoms with Gasteiger partial charge in [0.05, 0.1) is 12.3 Å². The summed E-state index contributed by atoms with van der Waals surface area (Å²) in [7, 11) is 0. The number of aromatic amines is 1. The molecule has 1 unspecified atom stereocenters. The van der Waals surface area contributed by atoms with E-state index in [9.17, 15) is 4.79 Å². The minimum atomic E-state index is 0.0743. The van der Waals surface area contributed by atoms with E-state index in [0.717, 1.165) is 37.2 Å². The molecule has 5 nitrogen and oxygen atoms in total. The fourth-order valence-corrected chi connectivity index (χ4v) is 3.34. The largest absolute Gasteiger partial charge is 0.369 e. The van der Waals surface area contributed by atoms with E-state index in [2.05, 4.69) is 41.4 Å². The first-order valence-corrected chi connectivity index (χ1v) is 9.04. The van der Waals surface area contributed by atoms with Crippen LogP contribution in [-0.2, 0) is 9.53 Å². The Morgan fingerprint density at radius 2 is 2.12 bits per heavy atom. The molecular formula is C20H27N3O2. The van der Waals surface area contributed by atoms with Crippen LogP contribution in [0.4, 0.5) is 0 Å². The first-order valence-electron chi connectivity index (χ1n) is 9.04. The van der Waals surface area contributed by atoms with Gasteiger partial charge in [-0.1, -0.05) is 29.8 Å². The number of ether oxygens (including phenoxy) is 1. The third-order valence-corrected chi connectivity index (χ3v) is 4.75. The standard InChI is InChI=1S/C20H27N3O2/c1-14(2)25-13-19(24)23-10-4-5-17(12-23)20-18(11-21-22-20)16-8-6-15(3)7-9-16/h6-9,11,14,17H,4-5,10,12-13H2,1-3H3,(H,21,22). The maximum Gasteiger partial charge on any atom is 0.248 e. The number of piperidine rings is 1. The lowest BCUT2D eigenvalue weighted by molar-refractivity contribution is -0.138. The number of benzene rings is 1. The Morgan fingerprint density at radius 3 is 2.84 bits per heavy atom. The molecule has 1 aliphatic heterocycles. The molecule has 3 rings (SSSR count). The van der Waals surface area contributed by atoms with Crippen molar-refractivity contribution in [3.63, 3.8) is 0 Å². The van der Waals surface area contributed by atoms with Crippen molar-refractivity contribution in [3.05, 3.63) is 41.7 Å². The van der Waals surface area contributed by atoms with Gasteiger partial charge in [-0.15, -0.1) is 0 Å². The first-order chi connectivity index (χ1) is 12.0. The molecule has 0 saturated carbocycles. The highest BCUT2D eigenvalue weighted by molar-refractivity contribution is 5.77. The van der Waals surface area contributed by atoms with Crippen LogP contribution in [0.25, 0.3) is 11.1 Å². The summed E-state index contributed by atoms with van der Waals surface area (Å²) in [4.78, 5) is 14.3. The maximum absolute atomic E-state index is 12.4. The Balaban J connectivity index is 1.73. The van der Waals surface area contributed by atoms with Gasteiger partial charge in [-0.2, -0.15) is 5.10 Å². The van der Waals surface area contributed by atoms with Crippen molar-refractivity contribution >= 4 is 5.91 Å². The van der Waals surface area contributed by atoms with E-state index in [-0.39, 0.29) is 24.5 Å². The van der Waals surface area contributed by atoms with Crippen LogP contribution in [0.15, 0.2) is 30.5 Å². The number of amides is 1. The summed E-state index contributed by atoms with van der Waals surface area (Å²) in [5.41, 5.74) is 4.68. The van der Waals surface area contributed by atoms with Crippen molar-refractivity contribution in [3.8, 4) is 11.1 Å². The second kappa shape index (κ2) is 7.83. The van der Waals surface area contributed by atoms with Gasteiger partial charge in [0, 0.05) is 30.3 Å². The molecule has 1 fully saturated rings. The summed E-state index contributed by atoms with van der Waals surface area (Å²) in [5, 5.41) is 7.45. The summed E-state index contributed by atoms with van der Waals surface area (Å²) < 4.78 is 5.48. The Morgan fingerprint density at radius 1 is 1.36 bits per heavy atom. The Kier molecular flexibility index (Phi) is 5.53. The Hall–Kier alpha value is -2.14. The minimum Gasteiger partial charge on any atom is -0.369 e. The van der Waals surface area contributed by atoms with Crippen LogP contribution in [0.3, 0.4) is 0 Å². The van der Waals surface area contributed by atoms with Gasteiger partial charge in [0.1, 0.15) is 6.61 Å². The van der Waals surface area contributed by atoms with Crippen LogP contribution >= 0.6 is 0 Å². The number of rotatable bonds is 5. The SMILES string of the molecule is Cc1ccc(-c2cn[nH]c2C2CCCN(C(=O)COC(C)C)C2)cc1. The van der Waals surface area contributed by atoms with E-state index in [1.54, 1.807) is 0 Å². The molecule has 1 amide bonds. The molecule has 1 aromatic carbocycles. The van der Waals surface area contributed by atoms with Gasteiger partial charge in [-0.25, -0.2) is 0 Å². The molecule has 0 spiro atoms. The molecule has 0 radical (unpaired) electrons. The fraction of sp³-hybridized carbons (Fsp3) is 0.500. The van der Waals surface area contributed by atoms with Crippen molar-refractivity contribution in [2.75, 3.05) is 19.7 Å². The number of carbonyl (C=O) groups excluding carboxylic acids is 1. The van der Waals surface area contributed by atoms with E-state index >= 15 is 0 Å². The summed E-state index contributed by atoms with van der Waals surface area (Å²) in [6.07, 6.45) is 4.04. The molecule has 2 aromatic rings. The van der Waals surface area contributed by atoms with E-state index in [0.29, 0.717) is 0 Å². The second-order valence-electron chi connectivity index (χ2n) is 7.10. The summed E-state index contributed by atoms with van der Waals surface area (Å²) in [6, 6.07) is 8.50. The zero-order valence-electron chi connectivity index (χ0n) is 15.3. The number of nitrogens with zero attached hydrogens (tertiary/aromatic N) is 2. The highest BCUT2D eigenvalue weighted by Gasteiger charge is 2.27. The van der Waals surface area contributed by atoms with Crippen LogP contribution in [0.2, 0.25) is 0 Å². The summed E-state index contributed by atoms with van der Waals surface area (Å²) in [6.45, 7) is 7.68. The van der Waals surface area contributed by atoms with Gasteiger partial charge in [0.2, 0.25) is 5.91 Å². The lowest BCUT2D eigenvalue weighted by Crippen LogP contribution is -2.41. The van der Waals surface area contributed by atoms with Gasteiger partial charge >= 0.3 is 0 Å². The molecule has 25 heavy (non-hydrogen) atoms. The number of hydrogen-bond donors (Lipinski definition) is 1. The van der Waals surface area contributed by atoms with Gasteiger partial charge in [-0.05, 0) is 39.2 Å². The molecule has 134 valence electrons. The second-order valence-corrected chi connectivity index (χ2v) is 7.10. The highest BCUT2D eigenvalue weighted by atomic mass is 16.5. The monoisotopic (exact) mass is 341 g/mol.